The number of hydrogen-bond donors (Lipinski definition) is 1. The molecule has 0 aromatic carbocycles. The molecule has 4 atom stereocenters. The zero-order chi connectivity index (χ0) is 10.1. The van der Waals surface area contributed by atoms with E-state index in [1.807, 2.05) is 13.8 Å². The summed E-state index contributed by atoms with van der Waals surface area (Å²) in [6.45, 7) is 3.72. The second kappa shape index (κ2) is 2.03. The summed E-state index contributed by atoms with van der Waals surface area (Å²) in [6, 6.07) is 0. The lowest BCUT2D eigenvalue weighted by Crippen LogP contribution is -2.48. The maximum Gasteiger partial charge on any atom is 0.236 e. The van der Waals surface area contributed by atoms with Crippen molar-refractivity contribution in [2.24, 2.45) is 10.8 Å². The van der Waals surface area contributed by atoms with Crippen molar-refractivity contribution in [2.45, 2.75) is 38.9 Å². The summed E-state index contributed by atoms with van der Waals surface area (Å²) in [5.41, 5.74) is -1.26. The number of imide groups is 1. The van der Waals surface area contributed by atoms with Gasteiger partial charge in [-0.3, -0.25) is 14.9 Å². The molecule has 0 unspecified atom stereocenters. The highest BCUT2D eigenvalue weighted by molar-refractivity contribution is 6.10. The Hall–Kier alpha value is -0.900. The van der Waals surface area contributed by atoms with Crippen molar-refractivity contribution in [3.8, 4) is 0 Å². The SMILES string of the molecule is C[C@@]12C(=O)NC(=O)[C@]1(C)[C@@H]1CC[C@H]2O1. The summed E-state index contributed by atoms with van der Waals surface area (Å²) in [7, 11) is 0. The van der Waals surface area contributed by atoms with E-state index in [9.17, 15) is 9.59 Å². The Kier molecular flexibility index (Phi) is 1.22. The molecule has 4 heteroatoms. The van der Waals surface area contributed by atoms with Crippen LogP contribution in [0.3, 0.4) is 0 Å². The van der Waals surface area contributed by atoms with Crippen LogP contribution in [0.4, 0.5) is 0 Å². The molecule has 0 spiro atoms. The molecule has 0 aromatic rings. The topological polar surface area (TPSA) is 55.4 Å². The molecule has 0 aliphatic carbocycles. The number of carbonyl (C=O) groups is 2. The maximum absolute atomic E-state index is 11.8. The molecule has 3 rings (SSSR count). The summed E-state index contributed by atoms with van der Waals surface area (Å²) in [4.78, 5) is 23.5. The van der Waals surface area contributed by atoms with Gasteiger partial charge in [0.2, 0.25) is 11.8 Å². The van der Waals surface area contributed by atoms with Crippen molar-refractivity contribution in [1.29, 1.82) is 0 Å². The van der Waals surface area contributed by atoms with Crippen molar-refractivity contribution in [3.05, 3.63) is 0 Å². The van der Waals surface area contributed by atoms with E-state index in [4.69, 9.17) is 4.74 Å². The van der Waals surface area contributed by atoms with Crippen molar-refractivity contribution in [1.82, 2.24) is 5.32 Å². The summed E-state index contributed by atoms with van der Waals surface area (Å²) in [6.07, 6.45) is 1.67. The van der Waals surface area contributed by atoms with Crippen LogP contribution < -0.4 is 5.32 Å². The monoisotopic (exact) mass is 195 g/mol. The molecule has 0 aromatic heterocycles. The van der Waals surface area contributed by atoms with Gasteiger partial charge in [-0.1, -0.05) is 0 Å². The van der Waals surface area contributed by atoms with Gasteiger partial charge in [0.05, 0.1) is 23.0 Å². The Morgan fingerprint density at radius 1 is 1.14 bits per heavy atom. The van der Waals surface area contributed by atoms with Crippen molar-refractivity contribution >= 4 is 11.8 Å². The van der Waals surface area contributed by atoms with E-state index in [0.29, 0.717) is 0 Å². The van der Waals surface area contributed by atoms with Crippen LogP contribution in [0.15, 0.2) is 0 Å². The normalized spacial score (nSPS) is 55.0. The Bertz CT molecular complexity index is 321. The van der Waals surface area contributed by atoms with Crippen LogP contribution in [0.1, 0.15) is 26.7 Å². The minimum atomic E-state index is -0.632. The molecule has 76 valence electrons. The Labute approximate surface area is 82.0 Å². The molecule has 1 N–H and O–H groups in total. The van der Waals surface area contributed by atoms with Crippen LogP contribution in [-0.4, -0.2) is 24.0 Å². The molecular weight excluding hydrogens is 182 g/mol. The predicted molar refractivity (Wildman–Crippen MR) is 47.3 cm³/mol. The number of carbonyl (C=O) groups excluding carboxylic acids is 2. The first-order chi connectivity index (χ1) is 6.51. The van der Waals surface area contributed by atoms with E-state index in [1.165, 1.54) is 0 Å². The van der Waals surface area contributed by atoms with Crippen LogP contribution in [0.2, 0.25) is 0 Å². The Balaban J connectivity index is 2.21. The van der Waals surface area contributed by atoms with Crippen molar-refractivity contribution < 1.29 is 14.3 Å². The fourth-order valence-electron chi connectivity index (χ4n) is 3.28. The molecule has 4 nitrogen and oxygen atoms in total. The molecule has 2 amide bonds. The highest BCUT2D eigenvalue weighted by atomic mass is 16.5. The molecule has 0 saturated carbocycles. The molecule has 3 aliphatic rings. The van der Waals surface area contributed by atoms with Gasteiger partial charge in [0.15, 0.2) is 0 Å². The van der Waals surface area contributed by atoms with Gasteiger partial charge in [-0.05, 0) is 26.7 Å². The lowest BCUT2D eigenvalue weighted by atomic mass is 9.59. The van der Waals surface area contributed by atoms with Gasteiger partial charge < -0.3 is 4.74 Å². The third-order valence-electron chi connectivity index (χ3n) is 4.56. The van der Waals surface area contributed by atoms with E-state index in [1.54, 1.807) is 0 Å². The molecule has 0 radical (unpaired) electrons. The number of nitrogens with one attached hydrogen (secondary N) is 1. The van der Waals surface area contributed by atoms with E-state index >= 15 is 0 Å². The lowest BCUT2D eigenvalue weighted by molar-refractivity contribution is -0.132. The van der Waals surface area contributed by atoms with Gasteiger partial charge in [0, 0.05) is 0 Å². The minimum Gasteiger partial charge on any atom is -0.373 e. The van der Waals surface area contributed by atoms with E-state index in [0.717, 1.165) is 12.8 Å². The Morgan fingerprint density at radius 3 is 2.00 bits per heavy atom. The van der Waals surface area contributed by atoms with Gasteiger partial charge in [0.25, 0.3) is 0 Å². The third-order valence-corrected chi connectivity index (χ3v) is 4.56. The highest BCUT2D eigenvalue weighted by Crippen LogP contribution is 2.61. The molecule has 3 aliphatic heterocycles. The van der Waals surface area contributed by atoms with Gasteiger partial charge in [-0.25, -0.2) is 0 Å². The standard InChI is InChI=1S/C10H13NO3/c1-9-5-3-4-6(14-5)10(9,2)8(13)11-7(9)12/h5-6H,3-4H2,1-2H3,(H,11,12,13)/t5-,6+,9-,10+. The zero-order valence-electron chi connectivity index (χ0n) is 8.29. The van der Waals surface area contributed by atoms with Crippen LogP contribution in [0.5, 0.6) is 0 Å². The van der Waals surface area contributed by atoms with Gasteiger partial charge in [0.1, 0.15) is 0 Å². The van der Waals surface area contributed by atoms with Crippen molar-refractivity contribution in [3.63, 3.8) is 0 Å². The van der Waals surface area contributed by atoms with Crippen LogP contribution in [-0.2, 0) is 14.3 Å². The largest absolute Gasteiger partial charge is 0.373 e. The Morgan fingerprint density at radius 2 is 1.57 bits per heavy atom. The van der Waals surface area contributed by atoms with Crippen LogP contribution in [0.25, 0.3) is 0 Å². The maximum atomic E-state index is 11.8. The van der Waals surface area contributed by atoms with Gasteiger partial charge in [-0.2, -0.15) is 0 Å². The summed E-state index contributed by atoms with van der Waals surface area (Å²) >= 11 is 0. The fourth-order valence-corrected chi connectivity index (χ4v) is 3.28. The first-order valence-electron chi connectivity index (χ1n) is 5.02. The molecule has 3 heterocycles. The van der Waals surface area contributed by atoms with Crippen LogP contribution >= 0.6 is 0 Å². The second-order valence-electron chi connectivity index (χ2n) is 4.88. The highest BCUT2D eigenvalue weighted by Gasteiger charge is 2.74. The molecule has 3 fully saturated rings. The first-order valence-corrected chi connectivity index (χ1v) is 5.02. The number of amides is 2. The quantitative estimate of drug-likeness (QED) is 0.562. The van der Waals surface area contributed by atoms with Gasteiger partial charge in [-0.15, -0.1) is 0 Å². The van der Waals surface area contributed by atoms with Crippen LogP contribution in [0, 0.1) is 10.8 Å². The first kappa shape index (κ1) is 8.41. The average molecular weight is 195 g/mol. The number of ether oxygens (including phenoxy) is 1. The smallest absolute Gasteiger partial charge is 0.236 e. The second-order valence-corrected chi connectivity index (χ2v) is 4.88. The van der Waals surface area contributed by atoms with E-state index in [-0.39, 0.29) is 24.0 Å². The van der Waals surface area contributed by atoms with E-state index < -0.39 is 10.8 Å². The lowest BCUT2D eigenvalue weighted by Gasteiger charge is -2.36. The molecule has 2 bridgehead atoms. The summed E-state index contributed by atoms with van der Waals surface area (Å²) in [5.74, 6) is -0.311. The number of fused-ring (bicyclic) bond motifs is 5. The van der Waals surface area contributed by atoms with Gasteiger partial charge >= 0.3 is 0 Å². The summed E-state index contributed by atoms with van der Waals surface area (Å²) in [5, 5.41) is 2.44. The fraction of sp³-hybridized carbons (Fsp3) is 0.800. The minimum absolute atomic E-state index is 0.0658. The van der Waals surface area contributed by atoms with Crippen molar-refractivity contribution in [2.75, 3.05) is 0 Å². The third kappa shape index (κ3) is 0.557. The number of hydrogen-bond acceptors (Lipinski definition) is 3. The predicted octanol–water partition coefficient (Wildman–Crippen LogP) is 0.217. The summed E-state index contributed by atoms with van der Waals surface area (Å²) < 4.78 is 5.70. The van der Waals surface area contributed by atoms with E-state index in [2.05, 4.69) is 5.32 Å². The number of rotatable bonds is 0. The molecule has 3 saturated heterocycles. The molecular formula is C10H13NO3. The zero-order valence-corrected chi connectivity index (χ0v) is 8.29. The molecule has 14 heavy (non-hydrogen) atoms. The average Bonchev–Trinajstić information content (AvgIpc) is 2.73.